The van der Waals surface area contributed by atoms with Crippen LogP contribution in [0.3, 0.4) is 0 Å². The smallest absolute Gasteiger partial charge is 0.307 e. The van der Waals surface area contributed by atoms with E-state index in [1.165, 1.54) is 12.7 Å². The Hall–Kier alpha value is -2.24. The molecule has 0 spiro atoms. The molecule has 1 fully saturated rings. The molecule has 0 saturated carbocycles. The van der Waals surface area contributed by atoms with E-state index in [1.807, 2.05) is 18.2 Å². The molecule has 3 rings (SSSR count). The fourth-order valence-corrected chi connectivity index (χ4v) is 3.14. The van der Waals surface area contributed by atoms with Gasteiger partial charge in [0.2, 0.25) is 0 Å². The number of pyridine rings is 1. The maximum atomic E-state index is 11.8. The molecule has 0 aliphatic carbocycles. The number of nitrogens with zero attached hydrogens (tertiary/aromatic N) is 1. The molecule has 1 N–H and O–H groups in total. The second kappa shape index (κ2) is 8.23. The van der Waals surface area contributed by atoms with Crippen molar-refractivity contribution in [3.8, 4) is 11.3 Å². The minimum Gasteiger partial charge on any atom is -0.469 e. The number of rotatable bonds is 6. The van der Waals surface area contributed by atoms with E-state index in [2.05, 4.69) is 34.6 Å². The van der Waals surface area contributed by atoms with Crippen LogP contribution in [0.2, 0.25) is 0 Å². The third-order valence-electron chi connectivity index (χ3n) is 4.74. The van der Waals surface area contributed by atoms with Gasteiger partial charge in [-0.05, 0) is 30.5 Å². The highest BCUT2D eigenvalue weighted by Gasteiger charge is 2.34. The number of hydrogen-bond donors (Lipinski definition) is 1. The molecular weight excluding hydrogens is 316 g/mol. The summed E-state index contributed by atoms with van der Waals surface area (Å²) >= 11 is 0. The average Bonchev–Trinajstić information content (AvgIpc) is 2.68. The van der Waals surface area contributed by atoms with Crippen molar-refractivity contribution in [1.29, 1.82) is 0 Å². The van der Waals surface area contributed by atoms with Crippen molar-refractivity contribution < 1.29 is 14.3 Å². The Morgan fingerprint density at radius 1 is 1.20 bits per heavy atom. The molecule has 1 aliphatic rings. The van der Waals surface area contributed by atoms with Crippen LogP contribution >= 0.6 is 0 Å². The number of methoxy groups -OCH3 is 1. The third-order valence-corrected chi connectivity index (χ3v) is 4.74. The summed E-state index contributed by atoms with van der Waals surface area (Å²) in [4.78, 5) is 16.2. The van der Waals surface area contributed by atoms with E-state index in [-0.39, 0.29) is 11.5 Å². The summed E-state index contributed by atoms with van der Waals surface area (Å²) in [5.74, 6) is -0.181. The van der Waals surface area contributed by atoms with Crippen LogP contribution in [0.15, 0.2) is 48.7 Å². The highest BCUT2D eigenvalue weighted by Crippen LogP contribution is 2.26. The molecular formula is C20H24N2O3. The molecule has 5 nitrogen and oxygen atoms in total. The van der Waals surface area contributed by atoms with Crippen molar-refractivity contribution in [2.45, 2.75) is 31.3 Å². The summed E-state index contributed by atoms with van der Waals surface area (Å²) in [6, 6.07) is 14.3. The normalized spacial score (nSPS) is 16.4. The van der Waals surface area contributed by atoms with Crippen LogP contribution in [0.25, 0.3) is 11.3 Å². The van der Waals surface area contributed by atoms with E-state index in [1.54, 1.807) is 6.20 Å². The van der Waals surface area contributed by atoms with Gasteiger partial charge in [0.1, 0.15) is 0 Å². The largest absolute Gasteiger partial charge is 0.469 e. The molecule has 1 aromatic carbocycles. The molecule has 0 atom stereocenters. The number of ether oxygens (including phenoxy) is 2. The molecule has 5 heteroatoms. The lowest BCUT2D eigenvalue weighted by atomic mass is 9.86. The minimum absolute atomic E-state index is 0.181. The number of carbonyl (C=O) groups excluding carboxylic acids is 1. The topological polar surface area (TPSA) is 60.5 Å². The number of benzene rings is 1. The molecule has 2 aromatic rings. The summed E-state index contributed by atoms with van der Waals surface area (Å²) in [5, 5.41) is 3.58. The maximum Gasteiger partial charge on any atom is 0.307 e. The zero-order valence-corrected chi connectivity index (χ0v) is 14.5. The first-order valence-corrected chi connectivity index (χ1v) is 8.61. The van der Waals surface area contributed by atoms with E-state index in [9.17, 15) is 4.79 Å². The van der Waals surface area contributed by atoms with Crippen LogP contribution in [-0.2, 0) is 20.8 Å². The Morgan fingerprint density at radius 3 is 2.60 bits per heavy atom. The van der Waals surface area contributed by atoms with Gasteiger partial charge >= 0.3 is 5.97 Å². The number of hydrogen-bond acceptors (Lipinski definition) is 5. The first-order chi connectivity index (χ1) is 12.2. The van der Waals surface area contributed by atoms with Gasteiger partial charge < -0.3 is 14.8 Å². The van der Waals surface area contributed by atoms with Crippen molar-refractivity contribution in [3.05, 3.63) is 54.2 Å². The fraction of sp³-hybridized carbons (Fsp3) is 0.400. The zero-order valence-electron chi connectivity index (χ0n) is 14.5. The van der Waals surface area contributed by atoms with Crippen LogP contribution in [0, 0.1) is 0 Å². The molecule has 25 heavy (non-hydrogen) atoms. The molecule has 132 valence electrons. The molecule has 0 amide bonds. The summed E-state index contributed by atoms with van der Waals surface area (Å²) in [7, 11) is 1.44. The van der Waals surface area contributed by atoms with Gasteiger partial charge in [-0.15, -0.1) is 0 Å². The standard InChI is InChI=1S/C20H24N2O3/c1-24-19(23)14-20(9-12-25-13-10-20)22-15-16-5-7-17(8-6-16)18-4-2-3-11-21-18/h2-8,11,22H,9-10,12-15H2,1H3. The predicted octanol–water partition coefficient (Wildman–Crippen LogP) is 2.95. The molecule has 1 saturated heterocycles. The van der Waals surface area contributed by atoms with E-state index in [0.717, 1.165) is 24.1 Å². The zero-order chi connectivity index (χ0) is 17.5. The Labute approximate surface area is 148 Å². The Morgan fingerprint density at radius 2 is 1.96 bits per heavy atom. The fourth-order valence-electron chi connectivity index (χ4n) is 3.14. The van der Waals surface area contributed by atoms with Crippen LogP contribution in [0.4, 0.5) is 0 Å². The molecule has 1 aromatic heterocycles. The van der Waals surface area contributed by atoms with Crippen LogP contribution < -0.4 is 5.32 Å². The van der Waals surface area contributed by atoms with Crippen molar-refractivity contribution in [1.82, 2.24) is 10.3 Å². The monoisotopic (exact) mass is 340 g/mol. The van der Waals surface area contributed by atoms with Crippen molar-refractivity contribution in [2.24, 2.45) is 0 Å². The lowest BCUT2D eigenvalue weighted by Crippen LogP contribution is -2.50. The maximum absolute atomic E-state index is 11.8. The van der Waals surface area contributed by atoms with E-state index in [0.29, 0.717) is 26.2 Å². The Bertz CT molecular complexity index is 680. The first kappa shape index (κ1) is 17.6. The highest BCUT2D eigenvalue weighted by atomic mass is 16.5. The summed E-state index contributed by atoms with van der Waals surface area (Å²) in [6.07, 6.45) is 3.80. The lowest BCUT2D eigenvalue weighted by Gasteiger charge is -2.37. The van der Waals surface area contributed by atoms with Gasteiger partial charge in [0.25, 0.3) is 0 Å². The second-order valence-corrected chi connectivity index (χ2v) is 6.41. The van der Waals surface area contributed by atoms with E-state index >= 15 is 0 Å². The lowest BCUT2D eigenvalue weighted by molar-refractivity contribution is -0.143. The summed E-state index contributed by atoms with van der Waals surface area (Å²) in [5.41, 5.74) is 2.99. The van der Waals surface area contributed by atoms with Crippen molar-refractivity contribution in [2.75, 3.05) is 20.3 Å². The van der Waals surface area contributed by atoms with Gasteiger partial charge in [-0.25, -0.2) is 0 Å². The van der Waals surface area contributed by atoms with Crippen LogP contribution in [0.5, 0.6) is 0 Å². The average molecular weight is 340 g/mol. The molecule has 1 aliphatic heterocycles. The van der Waals surface area contributed by atoms with E-state index in [4.69, 9.17) is 9.47 Å². The van der Waals surface area contributed by atoms with Crippen molar-refractivity contribution in [3.63, 3.8) is 0 Å². The van der Waals surface area contributed by atoms with Gasteiger partial charge in [-0.2, -0.15) is 0 Å². The number of nitrogens with one attached hydrogen (secondary N) is 1. The number of carbonyl (C=O) groups is 1. The molecule has 0 unspecified atom stereocenters. The van der Waals surface area contributed by atoms with Gasteiger partial charge in [-0.3, -0.25) is 9.78 Å². The van der Waals surface area contributed by atoms with Crippen LogP contribution in [0.1, 0.15) is 24.8 Å². The van der Waals surface area contributed by atoms with E-state index < -0.39 is 0 Å². The molecule has 2 heterocycles. The molecule has 0 bridgehead atoms. The Balaban J connectivity index is 1.65. The second-order valence-electron chi connectivity index (χ2n) is 6.41. The molecule has 0 radical (unpaired) electrons. The summed E-state index contributed by atoms with van der Waals surface area (Å²) in [6.45, 7) is 2.05. The van der Waals surface area contributed by atoms with Crippen molar-refractivity contribution >= 4 is 5.97 Å². The highest BCUT2D eigenvalue weighted by molar-refractivity contribution is 5.70. The third kappa shape index (κ3) is 4.65. The number of esters is 1. The predicted molar refractivity (Wildman–Crippen MR) is 95.9 cm³/mol. The van der Waals surface area contributed by atoms with Gasteiger partial charge in [0.05, 0.1) is 19.2 Å². The van der Waals surface area contributed by atoms with Gasteiger partial charge in [-0.1, -0.05) is 30.3 Å². The number of aromatic nitrogens is 1. The SMILES string of the molecule is COC(=O)CC1(NCc2ccc(-c3ccccn3)cc2)CCOCC1. The first-order valence-electron chi connectivity index (χ1n) is 8.61. The van der Waals surface area contributed by atoms with Gasteiger partial charge in [0.15, 0.2) is 0 Å². The quantitative estimate of drug-likeness (QED) is 0.819. The summed E-state index contributed by atoms with van der Waals surface area (Å²) < 4.78 is 10.3. The Kier molecular flexibility index (Phi) is 5.79. The minimum atomic E-state index is -0.245. The van der Waals surface area contributed by atoms with Crippen LogP contribution in [-0.4, -0.2) is 36.8 Å². The van der Waals surface area contributed by atoms with Gasteiger partial charge in [0, 0.05) is 37.1 Å².